The average Bonchev–Trinajstić information content (AvgIpc) is 2.71. The SMILES string of the molecule is CC(C1CCCCC1)n1cccc1. The Hall–Kier alpha value is -0.720. The van der Waals surface area contributed by atoms with E-state index < -0.39 is 0 Å². The molecule has 1 heterocycles. The molecule has 1 atom stereocenters. The minimum atomic E-state index is 0.704. The molecule has 0 radical (unpaired) electrons. The molecule has 1 aromatic rings. The van der Waals surface area contributed by atoms with Gasteiger partial charge in [0.15, 0.2) is 0 Å². The van der Waals surface area contributed by atoms with Crippen molar-refractivity contribution in [2.75, 3.05) is 0 Å². The summed E-state index contributed by atoms with van der Waals surface area (Å²) in [6.45, 7) is 2.36. The lowest BCUT2D eigenvalue weighted by Crippen LogP contribution is -2.18. The zero-order valence-electron chi connectivity index (χ0n) is 8.45. The van der Waals surface area contributed by atoms with Crippen LogP contribution in [0.15, 0.2) is 24.5 Å². The fourth-order valence-electron chi connectivity index (χ4n) is 2.48. The molecule has 0 saturated heterocycles. The molecule has 1 aliphatic carbocycles. The van der Waals surface area contributed by atoms with E-state index in [1.54, 1.807) is 0 Å². The molecule has 0 spiro atoms. The lowest BCUT2D eigenvalue weighted by molar-refractivity contribution is 0.264. The Labute approximate surface area is 80.8 Å². The van der Waals surface area contributed by atoms with Crippen LogP contribution < -0.4 is 0 Å². The smallest absolute Gasteiger partial charge is 0.0330 e. The lowest BCUT2D eigenvalue weighted by atomic mass is 9.84. The fourth-order valence-corrected chi connectivity index (χ4v) is 2.48. The third-order valence-corrected chi connectivity index (χ3v) is 3.43. The van der Waals surface area contributed by atoms with Crippen LogP contribution in [0.3, 0.4) is 0 Å². The van der Waals surface area contributed by atoms with E-state index >= 15 is 0 Å². The molecule has 0 aliphatic heterocycles. The number of aromatic nitrogens is 1. The maximum Gasteiger partial charge on any atom is 0.0330 e. The summed E-state index contributed by atoms with van der Waals surface area (Å²) in [4.78, 5) is 0. The Bertz CT molecular complexity index is 232. The van der Waals surface area contributed by atoms with Gasteiger partial charge in [-0.1, -0.05) is 19.3 Å². The third kappa shape index (κ3) is 1.96. The van der Waals surface area contributed by atoms with Crippen LogP contribution in [0.25, 0.3) is 0 Å². The van der Waals surface area contributed by atoms with Gasteiger partial charge in [0.1, 0.15) is 0 Å². The van der Waals surface area contributed by atoms with E-state index in [4.69, 9.17) is 0 Å². The quantitative estimate of drug-likeness (QED) is 0.650. The van der Waals surface area contributed by atoms with Gasteiger partial charge in [-0.3, -0.25) is 0 Å². The Morgan fingerprint density at radius 1 is 1.08 bits per heavy atom. The molecular weight excluding hydrogens is 158 g/mol. The molecule has 1 fully saturated rings. The highest BCUT2D eigenvalue weighted by Crippen LogP contribution is 2.32. The van der Waals surface area contributed by atoms with Gasteiger partial charge in [0.05, 0.1) is 0 Å². The van der Waals surface area contributed by atoms with Crippen LogP contribution in [0, 0.1) is 5.92 Å². The summed E-state index contributed by atoms with van der Waals surface area (Å²) in [5.41, 5.74) is 0. The monoisotopic (exact) mass is 177 g/mol. The molecule has 0 N–H and O–H groups in total. The first-order valence-corrected chi connectivity index (χ1v) is 5.50. The first kappa shape index (κ1) is 8.86. The molecule has 0 aromatic carbocycles. The Balaban J connectivity index is 1.99. The van der Waals surface area contributed by atoms with E-state index in [9.17, 15) is 0 Å². The summed E-state index contributed by atoms with van der Waals surface area (Å²) in [5, 5.41) is 0. The van der Waals surface area contributed by atoms with Gasteiger partial charge in [-0.05, 0) is 37.8 Å². The van der Waals surface area contributed by atoms with Gasteiger partial charge in [0.25, 0.3) is 0 Å². The first-order chi connectivity index (χ1) is 6.38. The number of hydrogen-bond acceptors (Lipinski definition) is 0. The van der Waals surface area contributed by atoms with Gasteiger partial charge in [-0.25, -0.2) is 0 Å². The van der Waals surface area contributed by atoms with E-state index in [-0.39, 0.29) is 0 Å². The highest BCUT2D eigenvalue weighted by molar-refractivity contribution is 4.93. The van der Waals surface area contributed by atoms with Gasteiger partial charge < -0.3 is 4.57 Å². The van der Waals surface area contributed by atoms with Crippen molar-refractivity contribution in [3.63, 3.8) is 0 Å². The molecule has 1 heteroatoms. The summed E-state index contributed by atoms with van der Waals surface area (Å²) in [5.74, 6) is 0.918. The normalized spacial score (nSPS) is 21.6. The van der Waals surface area contributed by atoms with Gasteiger partial charge >= 0.3 is 0 Å². The van der Waals surface area contributed by atoms with Crippen molar-refractivity contribution in [2.45, 2.75) is 45.1 Å². The van der Waals surface area contributed by atoms with Crippen LogP contribution >= 0.6 is 0 Å². The van der Waals surface area contributed by atoms with Crippen molar-refractivity contribution < 1.29 is 0 Å². The third-order valence-electron chi connectivity index (χ3n) is 3.43. The van der Waals surface area contributed by atoms with E-state index in [2.05, 4.69) is 36.0 Å². The number of nitrogens with zero attached hydrogens (tertiary/aromatic N) is 1. The average molecular weight is 177 g/mol. The second kappa shape index (κ2) is 3.99. The molecule has 1 aromatic heterocycles. The van der Waals surface area contributed by atoms with E-state index in [1.165, 1.54) is 32.1 Å². The summed E-state index contributed by atoms with van der Waals surface area (Å²) >= 11 is 0. The van der Waals surface area contributed by atoms with Crippen molar-refractivity contribution in [3.05, 3.63) is 24.5 Å². The highest BCUT2D eigenvalue weighted by atomic mass is 15.0. The molecule has 2 rings (SSSR count). The molecular formula is C12H19N. The van der Waals surface area contributed by atoms with Gasteiger partial charge in [-0.2, -0.15) is 0 Å². The second-order valence-electron chi connectivity index (χ2n) is 4.27. The van der Waals surface area contributed by atoms with Gasteiger partial charge in [0, 0.05) is 18.4 Å². The van der Waals surface area contributed by atoms with Crippen LogP contribution in [-0.2, 0) is 0 Å². The Morgan fingerprint density at radius 3 is 2.31 bits per heavy atom. The van der Waals surface area contributed by atoms with Crippen LogP contribution in [0.5, 0.6) is 0 Å². The topological polar surface area (TPSA) is 4.93 Å². The molecule has 1 unspecified atom stereocenters. The zero-order chi connectivity index (χ0) is 9.10. The van der Waals surface area contributed by atoms with E-state index in [1.807, 2.05) is 0 Å². The molecule has 1 aliphatic rings. The number of hydrogen-bond donors (Lipinski definition) is 0. The second-order valence-corrected chi connectivity index (χ2v) is 4.27. The van der Waals surface area contributed by atoms with E-state index in [0.717, 1.165) is 5.92 Å². The maximum atomic E-state index is 2.36. The Morgan fingerprint density at radius 2 is 1.69 bits per heavy atom. The summed E-state index contributed by atoms with van der Waals surface area (Å²) < 4.78 is 2.36. The Kier molecular flexibility index (Phi) is 2.72. The molecule has 0 amide bonds. The van der Waals surface area contributed by atoms with Crippen LogP contribution in [0.4, 0.5) is 0 Å². The predicted molar refractivity (Wildman–Crippen MR) is 55.7 cm³/mol. The van der Waals surface area contributed by atoms with E-state index in [0.29, 0.717) is 6.04 Å². The number of rotatable bonds is 2. The van der Waals surface area contributed by atoms with Gasteiger partial charge in [0.2, 0.25) is 0 Å². The van der Waals surface area contributed by atoms with Crippen LogP contribution in [0.2, 0.25) is 0 Å². The van der Waals surface area contributed by atoms with Crippen molar-refractivity contribution in [1.82, 2.24) is 4.57 Å². The molecule has 72 valence electrons. The van der Waals surface area contributed by atoms with Gasteiger partial charge in [-0.15, -0.1) is 0 Å². The molecule has 13 heavy (non-hydrogen) atoms. The van der Waals surface area contributed by atoms with Crippen LogP contribution in [-0.4, -0.2) is 4.57 Å². The zero-order valence-corrected chi connectivity index (χ0v) is 8.45. The first-order valence-electron chi connectivity index (χ1n) is 5.50. The maximum absolute atomic E-state index is 2.36. The fraction of sp³-hybridized carbons (Fsp3) is 0.667. The summed E-state index contributed by atoms with van der Waals surface area (Å²) in [7, 11) is 0. The standard InChI is InChI=1S/C12H19N/c1-11(13-9-5-6-10-13)12-7-3-2-4-8-12/h5-6,9-12H,2-4,7-8H2,1H3. The van der Waals surface area contributed by atoms with Crippen molar-refractivity contribution >= 4 is 0 Å². The molecule has 1 saturated carbocycles. The van der Waals surface area contributed by atoms with Crippen molar-refractivity contribution in [1.29, 1.82) is 0 Å². The largest absolute Gasteiger partial charge is 0.351 e. The molecule has 0 bridgehead atoms. The minimum absolute atomic E-state index is 0.704. The lowest BCUT2D eigenvalue weighted by Gasteiger charge is -2.28. The predicted octanol–water partition coefficient (Wildman–Crippen LogP) is 3.63. The van der Waals surface area contributed by atoms with Crippen LogP contribution in [0.1, 0.15) is 45.1 Å². The molecule has 1 nitrogen and oxygen atoms in total. The van der Waals surface area contributed by atoms with Crippen molar-refractivity contribution in [2.24, 2.45) is 5.92 Å². The van der Waals surface area contributed by atoms with Crippen molar-refractivity contribution in [3.8, 4) is 0 Å². The highest BCUT2D eigenvalue weighted by Gasteiger charge is 2.20. The minimum Gasteiger partial charge on any atom is -0.351 e. The summed E-state index contributed by atoms with van der Waals surface area (Å²) in [6.07, 6.45) is 11.6. The summed E-state index contributed by atoms with van der Waals surface area (Å²) in [6, 6.07) is 4.95.